The van der Waals surface area contributed by atoms with E-state index < -0.39 is 13.4 Å². The number of hydrogen-bond donors (Lipinski definition) is 2. The molecule has 0 heterocycles. The fourth-order valence-corrected chi connectivity index (χ4v) is 0. The Bertz CT molecular complexity index is 102. The third-order valence-corrected chi connectivity index (χ3v) is 0. The second-order valence-corrected chi connectivity index (χ2v) is 2.33. The zero-order valence-corrected chi connectivity index (χ0v) is 4.95. The molecule has 0 aromatic heterocycles. The topological polar surface area (TPSA) is 91.7 Å². The zero-order valence-electron chi connectivity index (χ0n) is 3.23. The Kier molecular flexibility index (Phi) is 5.47. The van der Waals surface area contributed by atoms with Crippen LogP contribution in [0.5, 0.6) is 0 Å². The van der Waals surface area contributed by atoms with Crippen molar-refractivity contribution in [3.8, 4) is 0 Å². The van der Waals surface area contributed by atoms with Crippen LogP contribution in [-0.2, 0) is 12.5 Å². The van der Waals surface area contributed by atoms with Gasteiger partial charge in [0.05, 0.1) is 0 Å². The minimum absolute atomic E-state index is 2.00. The van der Waals surface area contributed by atoms with Gasteiger partial charge in [-0.15, -0.1) is 0 Å². The van der Waals surface area contributed by atoms with Gasteiger partial charge in [-0.1, -0.05) is 0 Å². The fourth-order valence-electron chi connectivity index (χ4n) is 0. The molecule has 0 unspecified atom stereocenters. The molecule has 0 spiro atoms. The molecular formula is CH4O5Se. The molecule has 0 saturated carbocycles. The standard InChI is InChI=1S/CH2O.H2O4Se/c1-2;1-5(2,3)4/h1H2;(H2,1,2,3,4). The van der Waals surface area contributed by atoms with Crippen LogP contribution in [0.1, 0.15) is 0 Å². The number of carbonyl (C=O) groups excluding carboxylic acids is 1. The van der Waals surface area contributed by atoms with Gasteiger partial charge in [-0.05, 0) is 0 Å². The van der Waals surface area contributed by atoms with Crippen molar-refractivity contribution >= 4 is 20.2 Å². The van der Waals surface area contributed by atoms with E-state index in [0.29, 0.717) is 0 Å². The molecule has 0 saturated heterocycles. The first kappa shape index (κ1) is 9.86. The van der Waals surface area contributed by atoms with Gasteiger partial charge in [-0.25, -0.2) is 0 Å². The van der Waals surface area contributed by atoms with Crippen molar-refractivity contribution in [1.29, 1.82) is 0 Å². The minimum atomic E-state index is -5.25. The first-order chi connectivity index (χ1) is 3.00. The summed E-state index contributed by atoms with van der Waals surface area (Å²) in [5.74, 6) is 0. The summed E-state index contributed by atoms with van der Waals surface area (Å²) in [7, 11) is 0. The predicted octanol–water partition coefficient (Wildman–Crippen LogP) is -1.92. The first-order valence-electron chi connectivity index (χ1n) is 0.987. The van der Waals surface area contributed by atoms with Gasteiger partial charge in [-0.3, -0.25) is 0 Å². The van der Waals surface area contributed by atoms with Gasteiger partial charge in [0.2, 0.25) is 0 Å². The van der Waals surface area contributed by atoms with E-state index in [1.54, 1.807) is 0 Å². The number of rotatable bonds is 0. The Morgan fingerprint density at radius 3 is 1.14 bits per heavy atom. The van der Waals surface area contributed by atoms with Crippen molar-refractivity contribution in [3.63, 3.8) is 0 Å². The number of carbonyl (C=O) groups is 1. The Balaban J connectivity index is 0. The van der Waals surface area contributed by atoms with Crippen molar-refractivity contribution in [2.45, 2.75) is 0 Å². The molecule has 44 valence electrons. The van der Waals surface area contributed by atoms with Crippen LogP contribution in [0.25, 0.3) is 0 Å². The summed E-state index contributed by atoms with van der Waals surface area (Å²) in [6.07, 6.45) is 0. The molecule has 0 amide bonds. The van der Waals surface area contributed by atoms with E-state index >= 15 is 0 Å². The van der Waals surface area contributed by atoms with Gasteiger partial charge in [0, 0.05) is 0 Å². The van der Waals surface area contributed by atoms with E-state index in [1.807, 2.05) is 6.79 Å². The summed E-state index contributed by atoms with van der Waals surface area (Å²) in [6.45, 7) is 2.00. The third-order valence-electron chi connectivity index (χ3n) is 0. The Morgan fingerprint density at radius 1 is 1.14 bits per heavy atom. The summed E-state index contributed by atoms with van der Waals surface area (Å²) in [5, 5.41) is 0. The molecule has 0 radical (unpaired) electrons. The van der Waals surface area contributed by atoms with Crippen molar-refractivity contribution < 1.29 is 20.8 Å². The zero-order chi connectivity index (χ0) is 6.50. The summed E-state index contributed by atoms with van der Waals surface area (Å²) in [6, 6.07) is 0. The van der Waals surface area contributed by atoms with Crippen LogP contribution < -0.4 is 0 Å². The molecule has 0 bridgehead atoms. The normalized spacial score (nSPS) is 8.86. The van der Waals surface area contributed by atoms with Gasteiger partial charge < -0.3 is 4.79 Å². The fraction of sp³-hybridized carbons (Fsp3) is 0. The molecule has 0 atom stereocenters. The molecule has 0 aliphatic carbocycles. The average Bonchev–Trinajstić information content (AvgIpc) is 1.36. The van der Waals surface area contributed by atoms with Crippen molar-refractivity contribution in [2.75, 3.05) is 0 Å². The maximum absolute atomic E-state index is 8.82. The first-order valence-corrected chi connectivity index (χ1v) is 3.92. The summed E-state index contributed by atoms with van der Waals surface area (Å²) in [5.41, 5.74) is 0. The van der Waals surface area contributed by atoms with Crippen LogP contribution in [0.4, 0.5) is 0 Å². The summed E-state index contributed by atoms with van der Waals surface area (Å²) < 4.78 is 31.9. The van der Waals surface area contributed by atoms with E-state index in [2.05, 4.69) is 0 Å². The molecular weight excluding hydrogens is 171 g/mol. The molecule has 6 heteroatoms. The Hall–Kier alpha value is -0.291. The summed E-state index contributed by atoms with van der Waals surface area (Å²) >= 11 is -5.25. The van der Waals surface area contributed by atoms with Gasteiger partial charge in [0.1, 0.15) is 6.79 Å². The van der Waals surface area contributed by atoms with Gasteiger partial charge in [-0.2, -0.15) is 0 Å². The molecule has 7 heavy (non-hydrogen) atoms. The van der Waals surface area contributed by atoms with Crippen LogP contribution in [0.15, 0.2) is 0 Å². The van der Waals surface area contributed by atoms with E-state index in [9.17, 15) is 0 Å². The van der Waals surface area contributed by atoms with Gasteiger partial charge in [0.15, 0.2) is 0 Å². The third kappa shape index (κ3) is 931. The molecule has 0 fully saturated rings. The molecule has 5 nitrogen and oxygen atoms in total. The van der Waals surface area contributed by atoms with Crippen LogP contribution in [-0.4, -0.2) is 28.5 Å². The van der Waals surface area contributed by atoms with Crippen LogP contribution in [0.2, 0.25) is 0 Å². The van der Waals surface area contributed by atoms with Crippen LogP contribution in [0.3, 0.4) is 0 Å². The predicted molar refractivity (Wildman–Crippen MR) is 18.7 cm³/mol. The van der Waals surface area contributed by atoms with Crippen molar-refractivity contribution in [1.82, 2.24) is 0 Å². The van der Waals surface area contributed by atoms with Crippen molar-refractivity contribution in [3.05, 3.63) is 0 Å². The average molecular weight is 175 g/mol. The van der Waals surface area contributed by atoms with E-state index in [0.717, 1.165) is 0 Å². The number of hydrogen-bond acceptors (Lipinski definition) is 3. The van der Waals surface area contributed by atoms with Gasteiger partial charge >= 0.3 is 29.4 Å². The molecule has 0 aliphatic heterocycles. The van der Waals surface area contributed by atoms with E-state index in [4.69, 9.17) is 20.8 Å². The molecule has 0 aromatic rings. The molecule has 0 rings (SSSR count). The quantitative estimate of drug-likeness (QED) is 0.419. The Labute approximate surface area is 41.9 Å². The van der Waals surface area contributed by atoms with E-state index in [-0.39, 0.29) is 0 Å². The Morgan fingerprint density at radius 2 is 1.14 bits per heavy atom. The maximum atomic E-state index is 8.82. The van der Waals surface area contributed by atoms with Crippen LogP contribution >= 0.6 is 0 Å². The van der Waals surface area contributed by atoms with Crippen molar-refractivity contribution in [2.24, 2.45) is 0 Å². The summed E-state index contributed by atoms with van der Waals surface area (Å²) in [4.78, 5) is 8.00. The molecule has 0 aliphatic rings. The van der Waals surface area contributed by atoms with Gasteiger partial charge in [0.25, 0.3) is 0 Å². The molecule has 0 aromatic carbocycles. The molecule has 2 N–H and O–H groups in total. The second kappa shape index (κ2) is 3.88. The SMILES string of the molecule is C=O.O=[Se](=O)(O)O. The van der Waals surface area contributed by atoms with Crippen LogP contribution in [0, 0.1) is 0 Å². The van der Waals surface area contributed by atoms with E-state index in [1.165, 1.54) is 0 Å². The monoisotopic (exact) mass is 176 g/mol. The second-order valence-electron chi connectivity index (χ2n) is 0.448.